The largest absolute Gasteiger partial charge is 0.457 e. The molecule has 0 saturated heterocycles. The van der Waals surface area contributed by atoms with Gasteiger partial charge in [0.25, 0.3) is 0 Å². The zero-order chi connectivity index (χ0) is 38.7. The van der Waals surface area contributed by atoms with Crippen LogP contribution in [0.3, 0.4) is 0 Å². The van der Waals surface area contributed by atoms with Gasteiger partial charge in [-0.15, -0.1) is 0 Å². The van der Waals surface area contributed by atoms with Gasteiger partial charge in [0.05, 0.1) is 16.7 Å². The molecule has 4 bridgehead atoms. The lowest BCUT2D eigenvalue weighted by atomic mass is 9.54. The molecule has 0 aromatic heterocycles. The Morgan fingerprint density at radius 1 is 0.545 bits per heavy atom. The molecular weight excluding hydrogens is 722 g/mol. The number of nitrogen functional groups attached to an aromatic ring is 2. The maximum atomic E-state index is 14.5. The highest BCUT2D eigenvalue weighted by molar-refractivity contribution is 5.91. The highest BCUT2D eigenvalue weighted by Gasteiger charge is 2.53. The fraction of sp³-hybridized carbons (Fsp3) is 0.279. The first-order valence-electron chi connectivity index (χ1n) is 18.0. The second kappa shape index (κ2) is 13.6. The summed E-state index contributed by atoms with van der Waals surface area (Å²) in [6, 6.07) is 23.2. The molecule has 4 aliphatic rings. The third kappa shape index (κ3) is 7.67. The molecule has 4 N–H and O–H groups in total. The van der Waals surface area contributed by atoms with Gasteiger partial charge in [-0.25, -0.2) is 4.79 Å². The first-order chi connectivity index (χ1) is 26.1. The molecule has 0 heterocycles. The second-order valence-electron chi connectivity index (χ2n) is 15.0. The van der Waals surface area contributed by atoms with Crippen LogP contribution in [0.1, 0.15) is 60.0 Å². The van der Waals surface area contributed by atoms with Crippen molar-refractivity contribution in [3.8, 4) is 45.3 Å². The minimum atomic E-state index is -4.86. The smallest absolute Gasteiger partial charge is 0.420 e. The predicted molar refractivity (Wildman–Crippen MR) is 195 cm³/mol. The van der Waals surface area contributed by atoms with Gasteiger partial charge < -0.3 is 25.7 Å². The van der Waals surface area contributed by atoms with Crippen molar-refractivity contribution in [1.82, 2.24) is 0 Å². The summed E-state index contributed by atoms with van der Waals surface area (Å²) in [5.74, 6) is -1.15. The molecule has 4 aliphatic carbocycles. The molecule has 4 saturated carbocycles. The number of carbonyl (C=O) groups is 1. The number of hydrogen-bond donors (Lipinski definition) is 2. The lowest BCUT2D eigenvalue weighted by molar-refractivity contribution is -0.139. The molecule has 0 spiro atoms. The van der Waals surface area contributed by atoms with Gasteiger partial charge in [0.1, 0.15) is 28.6 Å². The van der Waals surface area contributed by atoms with E-state index in [1.807, 2.05) is 0 Å². The molecule has 9 rings (SSSR count). The molecule has 5 aromatic rings. The van der Waals surface area contributed by atoms with E-state index in [2.05, 4.69) is 0 Å². The third-order valence-corrected chi connectivity index (χ3v) is 10.9. The number of rotatable bonds is 8. The van der Waals surface area contributed by atoms with Crippen LogP contribution >= 0.6 is 0 Å². The molecule has 0 radical (unpaired) electrons. The highest BCUT2D eigenvalue weighted by Crippen LogP contribution is 2.57. The van der Waals surface area contributed by atoms with Crippen LogP contribution < -0.4 is 20.9 Å². The van der Waals surface area contributed by atoms with Gasteiger partial charge in [0, 0.05) is 17.4 Å². The fourth-order valence-corrected chi connectivity index (χ4v) is 8.86. The van der Waals surface area contributed by atoms with Crippen molar-refractivity contribution in [1.29, 1.82) is 0 Å². The van der Waals surface area contributed by atoms with Crippen LogP contribution in [0.15, 0.2) is 103 Å². The number of anilines is 2. The number of nitrogens with two attached hydrogens (primary N) is 2. The first kappa shape index (κ1) is 36.3. The summed E-state index contributed by atoms with van der Waals surface area (Å²) < 4.78 is 105. The van der Waals surface area contributed by atoms with Crippen LogP contribution in [-0.2, 0) is 17.1 Å². The summed E-state index contributed by atoms with van der Waals surface area (Å²) >= 11 is 0. The number of halogens is 6. The molecule has 55 heavy (non-hydrogen) atoms. The van der Waals surface area contributed by atoms with Crippen molar-refractivity contribution >= 4 is 17.3 Å². The van der Waals surface area contributed by atoms with Gasteiger partial charge in [-0.2, -0.15) is 26.3 Å². The van der Waals surface area contributed by atoms with E-state index in [1.165, 1.54) is 24.3 Å². The van der Waals surface area contributed by atoms with Crippen molar-refractivity contribution in [3.05, 3.63) is 120 Å². The molecule has 0 aliphatic heterocycles. The fourth-order valence-electron chi connectivity index (χ4n) is 8.86. The second-order valence-corrected chi connectivity index (χ2v) is 15.0. The molecule has 284 valence electrons. The molecule has 6 nitrogen and oxygen atoms in total. The molecule has 0 atom stereocenters. The monoisotopic (exact) mass is 758 g/mol. The van der Waals surface area contributed by atoms with Gasteiger partial charge in [-0.05, 0) is 139 Å². The zero-order valence-electron chi connectivity index (χ0n) is 29.3. The Morgan fingerprint density at radius 2 is 0.927 bits per heavy atom. The SMILES string of the molecule is Nc1ccc(-c2ccc(Oc3cc(Oc4ccc(-c5ccc(N)cc5)cc4C(F)(F)F)cc(C(=O)OC45CC6CC(CC(C6)C4)C5)c3)c(C(F)(F)F)c2)cc1. The van der Waals surface area contributed by atoms with E-state index in [-0.39, 0.29) is 28.2 Å². The third-order valence-electron chi connectivity index (χ3n) is 10.9. The van der Waals surface area contributed by atoms with Gasteiger partial charge in [-0.3, -0.25) is 0 Å². The Balaban J connectivity index is 1.17. The van der Waals surface area contributed by atoms with Crippen LogP contribution in [0.25, 0.3) is 22.3 Å². The lowest BCUT2D eigenvalue weighted by Gasteiger charge is -2.55. The molecule has 0 amide bonds. The number of esters is 1. The summed E-state index contributed by atoms with van der Waals surface area (Å²) in [5.41, 5.74) is 10.8. The van der Waals surface area contributed by atoms with E-state index in [1.54, 1.807) is 48.5 Å². The number of carbonyl (C=O) groups excluding carboxylic acids is 1. The summed E-state index contributed by atoms with van der Waals surface area (Å²) in [5, 5.41) is 0. The van der Waals surface area contributed by atoms with Crippen LogP contribution in [-0.4, -0.2) is 11.6 Å². The van der Waals surface area contributed by atoms with Gasteiger partial charge in [-0.1, -0.05) is 36.4 Å². The average molecular weight is 759 g/mol. The van der Waals surface area contributed by atoms with E-state index < -0.39 is 46.5 Å². The minimum Gasteiger partial charge on any atom is -0.457 e. The van der Waals surface area contributed by atoms with Gasteiger partial charge >= 0.3 is 18.3 Å². The molecular formula is C43H36F6N2O4. The molecule has 5 aromatic carbocycles. The maximum absolute atomic E-state index is 14.5. The van der Waals surface area contributed by atoms with E-state index in [4.69, 9.17) is 25.7 Å². The maximum Gasteiger partial charge on any atom is 0.420 e. The van der Waals surface area contributed by atoms with E-state index >= 15 is 0 Å². The summed E-state index contributed by atoms with van der Waals surface area (Å²) in [6.45, 7) is 0. The normalized spacial score (nSPS) is 21.7. The van der Waals surface area contributed by atoms with Crippen molar-refractivity contribution in [3.63, 3.8) is 0 Å². The average Bonchev–Trinajstić information content (AvgIpc) is 3.11. The Kier molecular flexibility index (Phi) is 8.97. The van der Waals surface area contributed by atoms with Crippen LogP contribution in [0.2, 0.25) is 0 Å². The highest BCUT2D eigenvalue weighted by atomic mass is 19.4. The quantitative estimate of drug-likeness (QED) is 0.0929. The Labute approximate surface area is 313 Å². The minimum absolute atomic E-state index is 0.137. The van der Waals surface area contributed by atoms with Gasteiger partial charge in [0.2, 0.25) is 0 Å². The van der Waals surface area contributed by atoms with Crippen molar-refractivity contribution in [2.24, 2.45) is 17.8 Å². The van der Waals surface area contributed by atoms with E-state index in [9.17, 15) is 31.1 Å². The summed E-state index contributed by atoms with van der Waals surface area (Å²) in [6.07, 6.45) is -4.29. The zero-order valence-corrected chi connectivity index (χ0v) is 29.3. The van der Waals surface area contributed by atoms with E-state index in [0.717, 1.165) is 68.9 Å². The molecule has 12 heteroatoms. The van der Waals surface area contributed by atoms with Crippen LogP contribution in [0, 0.1) is 17.8 Å². The standard InChI is InChI=1S/C43H36F6N2O4/c44-42(45,46)36-18-29(27-1-7-32(50)8-2-27)5-11-38(36)53-34-16-31(40(52)55-41-21-24-13-25(22-41)15-26(14-24)23-41)17-35(20-34)54-39-12-6-30(19-37(39)43(47,48)49)28-3-9-33(51)10-4-28/h1-12,16-20,24-26H,13-15,21-23,50-51H2. The first-order valence-corrected chi connectivity index (χ1v) is 18.0. The number of hydrogen-bond acceptors (Lipinski definition) is 6. The number of ether oxygens (including phenoxy) is 3. The Hall–Kier alpha value is -5.65. The van der Waals surface area contributed by atoms with Crippen LogP contribution in [0.4, 0.5) is 37.7 Å². The Bertz CT molecular complexity index is 2090. The van der Waals surface area contributed by atoms with Crippen molar-refractivity contribution < 1.29 is 45.3 Å². The lowest BCUT2D eigenvalue weighted by Crippen LogP contribution is -2.52. The number of alkyl halides is 6. The topological polar surface area (TPSA) is 96.8 Å². The Morgan fingerprint density at radius 3 is 1.31 bits per heavy atom. The summed E-state index contributed by atoms with van der Waals surface area (Å²) in [4.78, 5) is 13.9. The predicted octanol–water partition coefficient (Wildman–Crippen LogP) is 11.9. The molecule has 0 unspecified atom stereocenters. The number of benzene rings is 5. The molecule has 4 fully saturated rings. The summed E-state index contributed by atoms with van der Waals surface area (Å²) in [7, 11) is 0. The van der Waals surface area contributed by atoms with Crippen molar-refractivity contribution in [2.75, 3.05) is 11.5 Å². The van der Waals surface area contributed by atoms with E-state index in [0.29, 0.717) is 40.3 Å². The van der Waals surface area contributed by atoms with Crippen molar-refractivity contribution in [2.45, 2.75) is 56.5 Å². The van der Waals surface area contributed by atoms with Crippen LogP contribution in [0.5, 0.6) is 23.0 Å². The van der Waals surface area contributed by atoms with Gasteiger partial charge in [0.15, 0.2) is 0 Å².